The van der Waals surface area contributed by atoms with Crippen LogP contribution in [0.3, 0.4) is 0 Å². The lowest BCUT2D eigenvalue weighted by Gasteiger charge is -2.17. The number of methoxy groups -OCH3 is 1. The summed E-state index contributed by atoms with van der Waals surface area (Å²) in [5.74, 6) is -1.15. The van der Waals surface area contributed by atoms with E-state index in [4.69, 9.17) is 9.84 Å². The number of nitrogens with one attached hydrogen (secondary N) is 2. The molecule has 2 atom stereocenters. The predicted octanol–water partition coefficient (Wildman–Crippen LogP) is 0.541. The topological polar surface area (TPSA) is 101 Å². The van der Waals surface area contributed by atoms with E-state index in [0.717, 1.165) is 0 Å². The van der Waals surface area contributed by atoms with Crippen LogP contribution in [0.25, 0.3) is 0 Å². The molecule has 0 aliphatic carbocycles. The van der Waals surface area contributed by atoms with E-state index in [9.17, 15) is 9.59 Å². The SMILES string of the molecule is COCC(NC(=O)NC(C)c1ccccn1)C(=O)O. The molecule has 19 heavy (non-hydrogen) atoms. The van der Waals surface area contributed by atoms with Gasteiger partial charge in [-0.15, -0.1) is 0 Å². The number of carboxylic acids is 1. The van der Waals surface area contributed by atoms with Gasteiger partial charge in [0.2, 0.25) is 0 Å². The minimum absolute atomic E-state index is 0.0965. The molecule has 0 bridgehead atoms. The van der Waals surface area contributed by atoms with E-state index in [0.29, 0.717) is 5.69 Å². The van der Waals surface area contributed by atoms with Crippen molar-refractivity contribution in [1.29, 1.82) is 0 Å². The molecule has 0 aliphatic rings. The molecule has 0 saturated carbocycles. The Balaban J connectivity index is 2.52. The Bertz CT molecular complexity index is 424. The first-order valence-corrected chi connectivity index (χ1v) is 5.74. The summed E-state index contributed by atoms with van der Waals surface area (Å²) in [6.45, 7) is 1.66. The zero-order valence-electron chi connectivity index (χ0n) is 10.8. The van der Waals surface area contributed by atoms with Gasteiger partial charge in [-0.05, 0) is 19.1 Å². The molecular formula is C12H17N3O4. The van der Waals surface area contributed by atoms with Gasteiger partial charge in [0.15, 0.2) is 6.04 Å². The van der Waals surface area contributed by atoms with Gasteiger partial charge in [-0.3, -0.25) is 4.98 Å². The monoisotopic (exact) mass is 267 g/mol. The quantitative estimate of drug-likeness (QED) is 0.698. The highest BCUT2D eigenvalue weighted by molar-refractivity contribution is 5.82. The summed E-state index contributed by atoms with van der Waals surface area (Å²) < 4.78 is 4.72. The summed E-state index contributed by atoms with van der Waals surface area (Å²) in [5, 5.41) is 13.8. The first kappa shape index (κ1) is 14.9. The van der Waals surface area contributed by atoms with Crippen LogP contribution in [0.4, 0.5) is 4.79 Å². The Labute approximate surface area is 111 Å². The van der Waals surface area contributed by atoms with E-state index in [1.165, 1.54) is 7.11 Å². The number of nitrogens with zero attached hydrogens (tertiary/aromatic N) is 1. The molecule has 0 aliphatic heterocycles. The number of carboxylic acid groups (broad SMARTS) is 1. The van der Waals surface area contributed by atoms with Crippen molar-refractivity contribution in [3.05, 3.63) is 30.1 Å². The molecule has 1 heterocycles. The average Bonchev–Trinajstić information content (AvgIpc) is 2.39. The summed E-state index contributed by atoms with van der Waals surface area (Å²) in [4.78, 5) is 26.6. The van der Waals surface area contributed by atoms with E-state index >= 15 is 0 Å². The third-order valence-corrected chi connectivity index (χ3v) is 2.42. The molecular weight excluding hydrogens is 250 g/mol. The highest BCUT2D eigenvalue weighted by Crippen LogP contribution is 2.07. The fraction of sp³-hybridized carbons (Fsp3) is 0.417. The fourth-order valence-electron chi connectivity index (χ4n) is 1.44. The summed E-state index contributed by atoms with van der Waals surface area (Å²) >= 11 is 0. The van der Waals surface area contributed by atoms with Gasteiger partial charge in [0.25, 0.3) is 0 Å². The van der Waals surface area contributed by atoms with Crippen molar-refractivity contribution in [1.82, 2.24) is 15.6 Å². The zero-order valence-corrected chi connectivity index (χ0v) is 10.8. The van der Waals surface area contributed by atoms with Gasteiger partial charge in [0.05, 0.1) is 18.3 Å². The number of ether oxygens (including phenoxy) is 1. The van der Waals surface area contributed by atoms with E-state index in [1.807, 2.05) is 6.07 Å². The number of urea groups is 1. The lowest BCUT2D eigenvalue weighted by molar-refractivity contribution is -0.140. The van der Waals surface area contributed by atoms with E-state index in [-0.39, 0.29) is 12.6 Å². The number of hydrogen-bond donors (Lipinski definition) is 3. The van der Waals surface area contributed by atoms with Crippen molar-refractivity contribution in [3.63, 3.8) is 0 Å². The van der Waals surface area contributed by atoms with Crippen molar-refractivity contribution in [3.8, 4) is 0 Å². The van der Waals surface area contributed by atoms with Crippen molar-refractivity contribution in [2.75, 3.05) is 13.7 Å². The third-order valence-electron chi connectivity index (χ3n) is 2.42. The van der Waals surface area contributed by atoms with Crippen LogP contribution < -0.4 is 10.6 Å². The second kappa shape index (κ2) is 7.32. The van der Waals surface area contributed by atoms with Crippen LogP contribution in [-0.4, -0.2) is 41.8 Å². The number of aromatic nitrogens is 1. The van der Waals surface area contributed by atoms with Crippen LogP contribution in [0.2, 0.25) is 0 Å². The van der Waals surface area contributed by atoms with E-state index < -0.39 is 18.0 Å². The number of hydrogen-bond acceptors (Lipinski definition) is 4. The van der Waals surface area contributed by atoms with Crippen molar-refractivity contribution in [2.45, 2.75) is 19.0 Å². The molecule has 104 valence electrons. The standard InChI is InChI=1S/C12H17N3O4/c1-8(9-5-3-4-6-13-9)14-12(18)15-10(7-19-2)11(16)17/h3-6,8,10H,7H2,1-2H3,(H,16,17)(H2,14,15,18). The lowest BCUT2D eigenvalue weighted by Crippen LogP contribution is -2.48. The molecule has 0 spiro atoms. The smallest absolute Gasteiger partial charge is 0.328 e. The van der Waals surface area contributed by atoms with Crippen LogP contribution in [0, 0.1) is 0 Å². The number of carbonyl (C=O) groups excluding carboxylic acids is 1. The number of pyridine rings is 1. The minimum Gasteiger partial charge on any atom is -0.480 e. The number of aliphatic carboxylic acids is 1. The van der Waals surface area contributed by atoms with Crippen molar-refractivity contribution < 1.29 is 19.4 Å². The summed E-state index contributed by atoms with van der Waals surface area (Å²) in [6.07, 6.45) is 1.62. The highest BCUT2D eigenvalue weighted by atomic mass is 16.5. The molecule has 0 fully saturated rings. The molecule has 1 rings (SSSR count). The van der Waals surface area contributed by atoms with Gasteiger partial charge in [-0.2, -0.15) is 0 Å². The fourth-order valence-corrected chi connectivity index (χ4v) is 1.44. The second-order valence-corrected chi connectivity index (χ2v) is 3.94. The van der Waals surface area contributed by atoms with Crippen LogP contribution in [0.15, 0.2) is 24.4 Å². The Kier molecular flexibility index (Phi) is 5.74. The van der Waals surface area contributed by atoms with Gasteiger partial charge >= 0.3 is 12.0 Å². The van der Waals surface area contributed by atoms with Crippen LogP contribution in [0.5, 0.6) is 0 Å². The molecule has 7 heteroatoms. The third kappa shape index (κ3) is 4.92. The van der Waals surface area contributed by atoms with Gasteiger partial charge < -0.3 is 20.5 Å². The second-order valence-electron chi connectivity index (χ2n) is 3.94. The lowest BCUT2D eigenvalue weighted by atomic mass is 10.2. The largest absolute Gasteiger partial charge is 0.480 e. The first-order chi connectivity index (χ1) is 9.04. The molecule has 1 aromatic rings. The number of carbonyl (C=O) groups is 2. The van der Waals surface area contributed by atoms with Gasteiger partial charge in [-0.25, -0.2) is 9.59 Å². The Morgan fingerprint density at radius 3 is 2.68 bits per heavy atom. The Morgan fingerprint density at radius 2 is 2.16 bits per heavy atom. The van der Waals surface area contributed by atoms with Gasteiger partial charge in [0.1, 0.15) is 0 Å². The van der Waals surface area contributed by atoms with Crippen LogP contribution in [-0.2, 0) is 9.53 Å². The molecule has 0 aromatic carbocycles. The summed E-state index contributed by atoms with van der Waals surface area (Å²) in [7, 11) is 1.37. The molecule has 0 radical (unpaired) electrons. The van der Waals surface area contributed by atoms with Crippen LogP contribution in [0.1, 0.15) is 18.7 Å². The minimum atomic E-state index is -1.15. The normalized spacial score (nSPS) is 13.4. The maximum atomic E-state index is 11.6. The molecule has 1 aromatic heterocycles. The molecule has 7 nitrogen and oxygen atoms in total. The molecule has 0 saturated heterocycles. The van der Waals surface area contributed by atoms with Crippen molar-refractivity contribution >= 4 is 12.0 Å². The van der Waals surface area contributed by atoms with Crippen LogP contribution >= 0.6 is 0 Å². The first-order valence-electron chi connectivity index (χ1n) is 5.74. The maximum absolute atomic E-state index is 11.6. The van der Waals surface area contributed by atoms with Gasteiger partial charge in [0, 0.05) is 13.3 Å². The predicted molar refractivity (Wildman–Crippen MR) is 67.6 cm³/mol. The highest BCUT2D eigenvalue weighted by Gasteiger charge is 2.20. The van der Waals surface area contributed by atoms with E-state index in [2.05, 4.69) is 15.6 Å². The van der Waals surface area contributed by atoms with Crippen molar-refractivity contribution in [2.24, 2.45) is 0 Å². The Hall–Kier alpha value is -2.15. The maximum Gasteiger partial charge on any atom is 0.328 e. The number of rotatable bonds is 6. The average molecular weight is 267 g/mol. The molecule has 3 N–H and O–H groups in total. The Morgan fingerprint density at radius 1 is 1.42 bits per heavy atom. The molecule has 2 unspecified atom stereocenters. The summed E-state index contributed by atoms with van der Waals surface area (Å²) in [6, 6.07) is 3.37. The van der Waals surface area contributed by atoms with E-state index in [1.54, 1.807) is 25.3 Å². The molecule has 2 amide bonds. The zero-order chi connectivity index (χ0) is 14.3. The number of amides is 2. The summed E-state index contributed by atoms with van der Waals surface area (Å²) in [5.41, 5.74) is 0.691. The van der Waals surface area contributed by atoms with Gasteiger partial charge in [-0.1, -0.05) is 6.07 Å².